The molecule has 1 aliphatic carbocycles. The van der Waals surface area contributed by atoms with Crippen molar-refractivity contribution in [2.75, 3.05) is 44.2 Å². The highest BCUT2D eigenvalue weighted by Gasteiger charge is 2.51. The fourth-order valence-corrected chi connectivity index (χ4v) is 7.96. The molecule has 1 saturated carbocycles. The van der Waals surface area contributed by atoms with E-state index in [0.29, 0.717) is 44.6 Å². The Kier molecular flexibility index (Phi) is 8.14. The normalized spacial score (nSPS) is 20.8. The molecule has 1 atom stereocenters. The molecule has 0 radical (unpaired) electrons. The Morgan fingerprint density at radius 2 is 1.79 bits per heavy atom. The van der Waals surface area contributed by atoms with Gasteiger partial charge in [0, 0.05) is 60.6 Å². The van der Waals surface area contributed by atoms with Gasteiger partial charge in [0.1, 0.15) is 12.0 Å². The van der Waals surface area contributed by atoms with E-state index in [2.05, 4.69) is 60.5 Å². The van der Waals surface area contributed by atoms with E-state index in [1.54, 1.807) is 6.20 Å². The summed E-state index contributed by atoms with van der Waals surface area (Å²) in [7, 11) is 0. The van der Waals surface area contributed by atoms with Crippen LogP contribution in [0.15, 0.2) is 73.2 Å². The average Bonchev–Trinajstić information content (AvgIpc) is 3.45. The SMILES string of the molecule is CC(C)Oc1ccc(-c2n[nH]c3ccc(N4CCC5(CCN(CC(=O)N6CC=C(c7ccc(-c8ncn(C9CC9)n8)cc7)CC6)C5)C4=O)cc23)cn1. The maximum absolute atomic E-state index is 14.1. The molecule has 1 unspecified atom stereocenters. The fraction of sp³-hybridized carbons (Fsp3) is 0.400. The number of nitrogens with zero attached hydrogens (tertiary/aromatic N) is 8. The number of fused-ring (bicyclic) bond motifs is 1. The molecule has 2 aromatic carbocycles. The van der Waals surface area contributed by atoms with E-state index in [4.69, 9.17) is 4.74 Å². The van der Waals surface area contributed by atoms with Crippen LogP contribution in [0.1, 0.15) is 57.6 Å². The first-order valence-electron chi connectivity index (χ1n) is 18.5. The Morgan fingerprint density at radius 1 is 0.981 bits per heavy atom. The van der Waals surface area contributed by atoms with Gasteiger partial charge in [0.25, 0.3) is 0 Å². The predicted molar refractivity (Wildman–Crippen MR) is 198 cm³/mol. The monoisotopic (exact) mass is 697 g/mol. The third-order valence-corrected chi connectivity index (χ3v) is 11.0. The van der Waals surface area contributed by atoms with Gasteiger partial charge in [0.05, 0.1) is 29.6 Å². The predicted octanol–water partition coefficient (Wildman–Crippen LogP) is 5.75. The molecule has 0 bridgehead atoms. The third kappa shape index (κ3) is 6.14. The Labute approximate surface area is 302 Å². The fourth-order valence-electron chi connectivity index (χ4n) is 7.96. The molecular formula is C40H43N9O3. The molecule has 3 aliphatic heterocycles. The second kappa shape index (κ2) is 13.0. The van der Waals surface area contributed by atoms with Gasteiger partial charge < -0.3 is 14.5 Å². The standard InChI is InChI=1S/C40H43N9O3/c1-26(2)52-35-12-7-30(22-41-35)37-33-21-32(10-11-34(33)43-44-37)48-20-16-40(39(48)51)15-19-46(24-40)23-36(50)47-17-13-28(14-18-47)27-3-5-29(6-4-27)38-42-25-49(45-38)31-8-9-31/h3-7,10-13,21-22,25-26,31H,8-9,14-20,23-24H2,1-2H3,(H,43,44). The van der Waals surface area contributed by atoms with Gasteiger partial charge in [0.2, 0.25) is 17.7 Å². The summed E-state index contributed by atoms with van der Waals surface area (Å²) in [5, 5.41) is 13.3. The molecule has 266 valence electrons. The van der Waals surface area contributed by atoms with Crippen LogP contribution < -0.4 is 9.64 Å². The number of aromatic nitrogens is 6. The van der Waals surface area contributed by atoms with Crippen molar-refractivity contribution in [3.63, 3.8) is 0 Å². The van der Waals surface area contributed by atoms with E-state index in [-0.39, 0.29) is 17.9 Å². The number of likely N-dealkylation sites (tertiary alicyclic amines) is 1. The number of amides is 2. The molecule has 2 amide bonds. The summed E-state index contributed by atoms with van der Waals surface area (Å²) in [5.74, 6) is 1.61. The lowest BCUT2D eigenvalue weighted by Gasteiger charge is -2.29. The van der Waals surface area contributed by atoms with Crippen molar-refractivity contribution >= 4 is 34.0 Å². The minimum Gasteiger partial charge on any atom is -0.475 e. The van der Waals surface area contributed by atoms with Gasteiger partial charge in [-0.3, -0.25) is 19.6 Å². The number of anilines is 1. The first-order chi connectivity index (χ1) is 25.3. The number of pyridine rings is 1. The molecule has 3 aromatic heterocycles. The number of nitrogens with one attached hydrogen (secondary N) is 1. The van der Waals surface area contributed by atoms with E-state index < -0.39 is 5.41 Å². The summed E-state index contributed by atoms with van der Waals surface area (Å²) in [6.07, 6.45) is 10.6. The number of carbonyl (C=O) groups is 2. The molecule has 1 N–H and O–H groups in total. The molecule has 6 heterocycles. The van der Waals surface area contributed by atoms with Crippen LogP contribution in [0.4, 0.5) is 5.69 Å². The van der Waals surface area contributed by atoms with Crippen molar-refractivity contribution in [1.82, 2.24) is 39.7 Å². The van der Waals surface area contributed by atoms with Gasteiger partial charge in [-0.15, -0.1) is 0 Å². The van der Waals surface area contributed by atoms with Crippen molar-refractivity contribution in [2.24, 2.45) is 5.41 Å². The van der Waals surface area contributed by atoms with Crippen molar-refractivity contribution in [1.29, 1.82) is 0 Å². The van der Waals surface area contributed by atoms with Crippen molar-refractivity contribution in [2.45, 2.75) is 58.1 Å². The van der Waals surface area contributed by atoms with Gasteiger partial charge in [-0.05, 0) is 87.9 Å². The van der Waals surface area contributed by atoms with E-state index >= 15 is 0 Å². The zero-order valence-corrected chi connectivity index (χ0v) is 29.7. The Hall–Kier alpha value is -5.36. The van der Waals surface area contributed by atoms with Crippen LogP contribution in [0.5, 0.6) is 5.88 Å². The van der Waals surface area contributed by atoms with Gasteiger partial charge in [-0.25, -0.2) is 14.6 Å². The number of ether oxygens (including phenoxy) is 1. The van der Waals surface area contributed by atoms with Crippen molar-refractivity contribution in [3.8, 4) is 28.5 Å². The number of aromatic amines is 1. The highest BCUT2D eigenvalue weighted by Crippen LogP contribution is 2.43. The Morgan fingerprint density at radius 3 is 2.54 bits per heavy atom. The summed E-state index contributed by atoms with van der Waals surface area (Å²) in [6.45, 7) is 7.58. The van der Waals surface area contributed by atoms with Crippen LogP contribution in [-0.4, -0.2) is 96.9 Å². The molecule has 1 spiro atoms. The largest absolute Gasteiger partial charge is 0.475 e. The summed E-state index contributed by atoms with van der Waals surface area (Å²) in [4.78, 5) is 42.5. The van der Waals surface area contributed by atoms with Crippen LogP contribution in [0.3, 0.4) is 0 Å². The molecule has 12 nitrogen and oxygen atoms in total. The first-order valence-corrected chi connectivity index (χ1v) is 18.5. The van der Waals surface area contributed by atoms with Crippen LogP contribution in [0.2, 0.25) is 0 Å². The van der Waals surface area contributed by atoms with E-state index in [0.717, 1.165) is 65.0 Å². The smallest absolute Gasteiger partial charge is 0.237 e. The van der Waals surface area contributed by atoms with Crippen molar-refractivity contribution < 1.29 is 14.3 Å². The minimum absolute atomic E-state index is 0.0458. The minimum atomic E-state index is -0.461. The average molecular weight is 698 g/mol. The summed E-state index contributed by atoms with van der Waals surface area (Å²) in [5.41, 5.74) is 6.42. The highest BCUT2D eigenvalue weighted by molar-refractivity contribution is 6.03. The number of hydrogen-bond acceptors (Lipinski definition) is 8. The molecule has 52 heavy (non-hydrogen) atoms. The van der Waals surface area contributed by atoms with Crippen LogP contribution >= 0.6 is 0 Å². The van der Waals surface area contributed by atoms with E-state index in [1.807, 2.05) is 65.0 Å². The molecule has 4 aliphatic rings. The summed E-state index contributed by atoms with van der Waals surface area (Å²) in [6, 6.07) is 18.8. The lowest BCUT2D eigenvalue weighted by atomic mass is 9.85. The third-order valence-electron chi connectivity index (χ3n) is 11.0. The second-order valence-corrected chi connectivity index (χ2v) is 15.0. The topological polar surface area (TPSA) is 125 Å². The number of carbonyl (C=O) groups excluding carboxylic acids is 2. The van der Waals surface area contributed by atoms with Gasteiger partial charge in [0.15, 0.2) is 5.82 Å². The van der Waals surface area contributed by atoms with Crippen LogP contribution in [0.25, 0.3) is 39.1 Å². The molecule has 3 fully saturated rings. The maximum Gasteiger partial charge on any atom is 0.237 e. The highest BCUT2D eigenvalue weighted by atomic mass is 16.5. The number of hydrogen-bond donors (Lipinski definition) is 1. The zero-order valence-electron chi connectivity index (χ0n) is 29.7. The number of benzene rings is 2. The molecule has 9 rings (SSSR count). The summed E-state index contributed by atoms with van der Waals surface area (Å²) >= 11 is 0. The van der Waals surface area contributed by atoms with Crippen LogP contribution in [0, 0.1) is 5.41 Å². The van der Waals surface area contributed by atoms with Crippen LogP contribution in [-0.2, 0) is 9.59 Å². The lowest BCUT2D eigenvalue weighted by Crippen LogP contribution is -2.43. The molecule has 12 heteroatoms. The molecular weight excluding hydrogens is 654 g/mol. The first kappa shape index (κ1) is 32.5. The molecule has 2 saturated heterocycles. The van der Waals surface area contributed by atoms with Gasteiger partial charge in [-0.2, -0.15) is 10.2 Å². The summed E-state index contributed by atoms with van der Waals surface area (Å²) < 4.78 is 7.68. The van der Waals surface area contributed by atoms with E-state index in [9.17, 15) is 9.59 Å². The number of H-pyrrole nitrogens is 1. The lowest BCUT2D eigenvalue weighted by molar-refractivity contribution is -0.132. The zero-order chi connectivity index (χ0) is 35.4. The second-order valence-electron chi connectivity index (χ2n) is 15.0. The van der Waals surface area contributed by atoms with Crippen molar-refractivity contribution in [3.05, 3.63) is 78.8 Å². The van der Waals surface area contributed by atoms with Gasteiger partial charge >= 0.3 is 0 Å². The Balaban J connectivity index is 0.813. The van der Waals surface area contributed by atoms with E-state index in [1.165, 1.54) is 24.0 Å². The Bertz CT molecular complexity index is 2170. The quantitative estimate of drug-likeness (QED) is 0.207. The molecule has 5 aromatic rings. The number of rotatable bonds is 9. The maximum atomic E-state index is 14.1. The van der Waals surface area contributed by atoms with Gasteiger partial charge in [-0.1, -0.05) is 30.3 Å².